The molecule has 0 aromatic carbocycles. The Morgan fingerprint density at radius 2 is 2.29 bits per heavy atom. The van der Waals surface area contributed by atoms with Gasteiger partial charge in [-0.3, -0.25) is 4.79 Å². The summed E-state index contributed by atoms with van der Waals surface area (Å²) in [6, 6.07) is 4.40. The largest absolute Gasteiger partial charge is 0.320 e. The normalized spacial score (nSPS) is 9.57. The van der Waals surface area contributed by atoms with E-state index in [-0.39, 0.29) is 11.4 Å². The van der Waals surface area contributed by atoms with Crippen LogP contribution in [0.15, 0.2) is 18.3 Å². The number of halogens is 2. The van der Waals surface area contributed by atoms with E-state index in [4.69, 9.17) is 5.26 Å². The number of pyridine rings is 1. The van der Waals surface area contributed by atoms with Crippen molar-refractivity contribution in [3.63, 3.8) is 0 Å². The minimum absolute atomic E-state index is 0.134. The summed E-state index contributed by atoms with van der Waals surface area (Å²) in [5.41, 5.74) is 0.286. The molecule has 0 fully saturated rings. The van der Waals surface area contributed by atoms with Crippen LogP contribution in [0.3, 0.4) is 0 Å². The van der Waals surface area contributed by atoms with Gasteiger partial charge in [-0.05, 0) is 12.1 Å². The molecule has 1 aromatic heterocycles. The van der Waals surface area contributed by atoms with Crippen molar-refractivity contribution in [2.45, 2.75) is 6.43 Å². The van der Waals surface area contributed by atoms with Crippen LogP contribution in [0.2, 0.25) is 0 Å². The number of nitrogens with zero attached hydrogens (tertiary/aromatic N) is 2. The molecule has 0 bridgehead atoms. The number of hydrogen-bond acceptors (Lipinski definition) is 3. The molecule has 0 saturated heterocycles. The lowest BCUT2D eigenvalue weighted by molar-refractivity contribution is -0.126. The number of hydrogen-bond donors (Lipinski definition) is 1. The maximum absolute atomic E-state index is 11.8. The molecule has 0 spiro atoms. The Hall–Kier alpha value is -2.03. The predicted molar refractivity (Wildman–Crippen MR) is 43.6 cm³/mol. The highest BCUT2D eigenvalue weighted by Gasteiger charge is 2.14. The first-order valence-corrected chi connectivity index (χ1v) is 3.58. The van der Waals surface area contributed by atoms with Crippen LogP contribution in [-0.4, -0.2) is 17.3 Å². The van der Waals surface area contributed by atoms with Gasteiger partial charge in [0.2, 0.25) is 0 Å². The van der Waals surface area contributed by atoms with E-state index in [0.29, 0.717) is 0 Å². The zero-order valence-corrected chi connectivity index (χ0v) is 6.87. The predicted octanol–water partition coefficient (Wildman–Crippen LogP) is 1.16. The summed E-state index contributed by atoms with van der Waals surface area (Å²) in [7, 11) is 0. The third-order valence-electron chi connectivity index (χ3n) is 1.34. The molecule has 14 heavy (non-hydrogen) atoms. The summed E-state index contributed by atoms with van der Waals surface area (Å²) in [5, 5.41) is 10.3. The standard InChI is InChI=1S/C8H5F2N3O/c9-7(10)8(14)13-6-2-1-5(3-11)12-4-6/h1-2,4,7H,(H,13,14). The average molecular weight is 197 g/mol. The van der Waals surface area contributed by atoms with Gasteiger partial charge in [0, 0.05) is 0 Å². The Balaban J connectivity index is 2.70. The van der Waals surface area contributed by atoms with Crippen molar-refractivity contribution >= 4 is 11.6 Å². The zero-order valence-electron chi connectivity index (χ0n) is 6.87. The van der Waals surface area contributed by atoms with Gasteiger partial charge in [0.25, 0.3) is 5.91 Å². The maximum atomic E-state index is 11.8. The Morgan fingerprint density at radius 1 is 1.57 bits per heavy atom. The molecule has 6 heteroatoms. The highest BCUT2D eigenvalue weighted by atomic mass is 19.3. The second-order valence-corrected chi connectivity index (χ2v) is 2.33. The molecule has 1 aromatic rings. The van der Waals surface area contributed by atoms with Gasteiger partial charge in [-0.25, -0.2) is 4.98 Å². The van der Waals surface area contributed by atoms with Gasteiger partial charge in [0.05, 0.1) is 11.9 Å². The first-order chi connectivity index (χ1) is 6.63. The molecular weight excluding hydrogens is 192 g/mol. The van der Waals surface area contributed by atoms with Crippen molar-refractivity contribution in [2.24, 2.45) is 0 Å². The van der Waals surface area contributed by atoms with E-state index in [2.05, 4.69) is 4.98 Å². The summed E-state index contributed by atoms with van der Waals surface area (Å²) in [6.07, 6.45) is -1.93. The van der Waals surface area contributed by atoms with E-state index in [1.807, 2.05) is 5.32 Å². The lowest BCUT2D eigenvalue weighted by Crippen LogP contribution is -2.20. The number of rotatable bonds is 2. The highest BCUT2D eigenvalue weighted by Crippen LogP contribution is 2.07. The van der Waals surface area contributed by atoms with E-state index < -0.39 is 12.3 Å². The Labute approximate surface area is 78.2 Å². The van der Waals surface area contributed by atoms with E-state index in [1.54, 1.807) is 6.07 Å². The number of aromatic nitrogens is 1. The van der Waals surface area contributed by atoms with Crippen LogP contribution >= 0.6 is 0 Å². The molecule has 4 nitrogen and oxygen atoms in total. The van der Waals surface area contributed by atoms with E-state index >= 15 is 0 Å². The summed E-state index contributed by atoms with van der Waals surface area (Å²) in [4.78, 5) is 14.1. The third kappa shape index (κ3) is 2.48. The molecule has 0 aliphatic rings. The second kappa shape index (κ2) is 4.28. The summed E-state index contributed by atoms with van der Waals surface area (Å²) < 4.78 is 23.5. The van der Waals surface area contributed by atoms with Gasteiger partial charge in [0.15, 0.2) is 0 Å². The van der Waals surface area contributed by atoms with Gasteiger partial charge in [-0.2, -0.15) is 14.0 Å². The second-order valence-electron chi connectivity index (χ2n) is 2.33. The molecular formula is C8H5F2N3O. The summed E-state index contributed by atoms with van der Waals surface area (Å²) in [5.74, 6) is -1.39. The molecule has 0 saturated carbocycles. The van der Waals surface area contributed by atoms with Crippen LogP contribution in [0.25, 0.3) is 0 Å². The first-order valence-electron chi connectivity index (χ1n) is 3.58. The Morgan fingerprint density at radius 3 is 2.71 bits per heavy atom. The lowest BCUT2D eigenvalue weighted by Gasteiger charge is -2.02. The maximum Gasteiger partial charge on any atom is 0.315 e. The Kier molecular flexibility index (Phi) is 3.07. The van der Waals surface area contributed by atoms with Crippen molar-refractivity contribution in [2.75, 3.05) is 5.32 Å². The number of carbonyl (C=O) groups excluding carboxylic acids is 1. The monoisotopic (exact) mass is 197 g/mol. The van der Waals surface area contributed by atoms with Crippen LogP contribution < -0.4 is 5.32 Å². The fourth-order valence-electron chi connectivity index (χ4n) is 0.731. The van der Waals surface area contributed by atoms with E-state index in [0.717, 1.165) is 6.20 Å². The summed E-state index contributed by atoms with van der Waals surface area (Å²) >= 11 is 0. The van der Waals surface area contributed by atoms with Crippen LogP contribution in [0.1, 0.15) is 5.69 Å². The minimum Gasteiger partial charge on any atom is -0.320 e. The number of anilines is 1. The topological polar surface area (TPSA) is 65.8 Å². The number of nitrogens with one attached hydrogen (secondary N) is 1. The van der Waals surface area contributed by atoms with Crippen molar-refractivity contribution in [1.29, 1.82) is 5.26 Å². The average Bonchev–Trinajstić information content (AvgIpc) is 2.19. The van der Waals surface area contributed by atoms with Crippen LogP contribution in [0.5, 0.6) is 0 Å². The number of nitriles is 1. The fourth-order valence-corrected chi connectivity index (χ4v) is 0.731. The molecule has 0 radical (unpaired) electrons. The van der Waals surface area contributed by atoms with Gasteiger partial charge >= 0.3 is 6.43 Å². The smallest absolute Gasteiger partial charge is 0.315 e. The zero-order chi connectivity index (χ0) is 10.6. The van der Waals surface area contributed by atoms with Crippen molar-refractivity contribution < 1.29 is 13.6 Å². The van der Waals surface area contributed by atoms with E-state index in [1.165, 1.54) is 12.1 Å². The molecule has 0 unspecified atom stereocenters. The van der Waals surface area contributed by atoms with Gasteiger partial charge in [0.1, 0.15) is 11.8 Å². The highest BCUT2D eigenvalue weighted by molar-refractivity contribution is 5.92. The SMILES string of the molecule is N#Cc1ccc(NC(=O)C(F)F)cn1. The lowest BCUT2D eigenvalue weighted by atomic mass is 10.3. The number of carbonyl (C=O) groups is 1. The molecule has 0 atom stereocenters. The molecule has 0 aliphatic heterocycles. The van der Waals surface area contributed by atoms with Gasteiger partial charge in [-0.15, -0.1) is 0 Å². The van der Waals surface area contributed by atoms with E-state index in [9.17, 15) is 13.6 Å². The molecule has 72 valence electrons. The molecule has 1 rings (SSSR count). The third-order valence-corrected chi connectivity index (χ3v) is 1.34. The molecule has 1 amide bonds. The van der Waals surface area contributed by atoms with Gasteiger partial charge < -0.3 is 5.32 Å². The first kappa shape index (κ1) is 10.1. The quantitative estimate of drug-likeness (QED) is 0.773. The number of alkyl halides is 2. The minimum atomic E-state index is -3.06. The number of amides is 1. The molecule has 0 aliphatic carbocycles. The van der Waals surface area contributed by atoms with Crippen LogP contribution in [0, 0.1) is 11.3 Å². The van der Waals surface area contributed by atoms with Gasteiger partial charge in [-0.1, -0.05) is 0 Å². The van der Waals surface area contributed by atoms with Crippen molar-refractivity contribution in [3.05, 3.63) is 24.0 Å². The Bertz CT molecular complexity index is 369. The molecule has 1 N–H and O–H groups in total. The van der Waals surface area contributed by atoms with Crippen LogP contribution in [0.4, 0.5) is 14.5 Å². The molecule has 1 heterocycles. The van der Waals surface area contributed by atoms with Crippen LogP contribution in [-0.2, 0) is 4.79 Å². The fraction of sp³-hybridized carbons (Fsp3) is 0.125. The summed E-state index contributed by atoms with van der Waals surface area (Å²) in [6.45, 7) is 0. The van der Waals surface area contributed by atoms with Crippen molar-refractivity contribution in [1.82, 2.24) is 4.98 Å². The van der Waals surface area contributed by atoms with Crippen molar-refractivity contribution in [3.8, 4) is 6.07 Å².